The predicted molar refractivity (Wildman–Crippen MR) is 105 cm³/mol. The second-order valence-electron chi connectivity index (χ2n) is 6.78. The molecule has 3 rings (SSSR count). The van der Waals surface area contributed by atoms with Crippen LogP contribution in [0.3, 0.4) is 0 Å². The molecule has 0 fully saturated rings. The number of para-hydroxylation sites is 1. The van der Waals surface area contributed by atoms with E-state index in [0.717, 1.165) is 29.8 Å². The van der Waals surface area contributed by atoms with Gasteiger partial charge in [0.2, 0.25) is 0 Å². The molecule has 1 N–H and O–H groups in total. The summed E-state index contributed by atoms with van der Waals surface area (Å²) >= 11 is 0. The monoisotopic (exact) mass is 345 g/mol. The summed E-state index contributed by atoms with van der Waals surface area (Å²) in [6.07, 6.45) is 3.38. The van der Waals surface area contributed by atoms with Crippen LogP contribution in [0.25, 0.3) is 0 Å². The number of fused-ring (bicyclic) bond motifs is 1. The highest BCUT2D eigenvalue weighted by atomic mass is 16.2. The number of rotatable bonds is 4. The van der Waals surface area contributed by atoms with E-state index in [1.54, 1.807) is 4.90 Å². The van der Waals surface area contributed by atoms with E-state index in [0.29, 0.717) is 12.5 Å². The van der Waals surface area contributed by atoms with Crippen LogP contribution in [0.5, 0.6) is 0 Å². The van der Waals surface area contributed by atoms with Crippen LogP contribution in [0.4, 0.5) is 11.4 Å². The van der Waals surface area contributed by atoms with Gasteiger partial charge in [0.1, 0.15) is 11.6 Å². The van der Waals surface area contributed by atoms with Crippen molar-refractivity contribution in [2.24, 2.45) is 0 Å². The van der Waals surface area contributed by atoms with Gasteiger partial charge >= 0.3 is 0 Å². The third-order valence-corrected chi connectivity index (χ3v) is 4.67. The number of nitrogens with one attached hydrogen (secondary N) is 1. The Morgan fingerprint density at radius 2 is 1.92 bits per heavy atom. The Balaban J connectivity index is 1.77. The number of amides is 1. The molecule has 0 aliphatic carbocycles. The molecule has 2 aromatic carbocycles. The molecule has 0 bridgehead atoms. The van der Waals surface area contributed by atoms with Crippen molar-refractivity contribution >= 4 is 17.3 Å². The first kappa shape index (κ1) is 17.8. The van der Waals surface area contributed by atoms with Crippen molar-refractivity contribution in [1.82, 2.24) is 0 Å². The molecular formula is C22H23N3O. The lowest BCUT2D eigenvalue weighted by atomic mass is 10.0. The lowest BCUT2D eigenvalue weighted by molar-refractivity contribution is -0.114. The zero-order valence-corrected chi connectivity index (χ0v) is 15.2. The Labute approximate surface area is 154 Å². The predicted octanol–water partition coefficient (Wildman–Crippen LogP) is 4.61. The van der Waals surface area contributed by atoms with Crippen molar-refractivity contribution in [2.75, 3.05) is 16.8 Å². The topological polar surface area (TPSA) is 56.1 Å². The minimum atomic E-state index is -0.258. The smallest absolute Gasteiger partial charge is 0.270 e. The van der Waals surface area contributed by atoms with Gasteiger partial charge in [-0.1, -0.05) is 44.2 Å². The number of hydrogen-bond donors (Lipinski definition) is 1. The van der Waals surface area contributed by atoms with Gasteiger partial charge in [0, 0.05) is 24.1 Å². The first-order valence-corrected chi connectivity index (χ1v) is 8.96. The van der Waals surface area contributed by atoms with Gasteiger partial charge < -0.3 is 10.2 Å². The molecule has 0 spiro atoms. The zero-order chi connectivity index (χ0) is 18.5. The number of carbonyl (C=O) groups excluding carboxylic acids is 1. The average molecular weight is 345 g/mol. The zero-order valence-electron chi connectivity index (χ0n) is 15.2. The fraction of sp³-hybridized carbons (Fsp3) is 0.273. The SMILES string of the molecule is CC(C)c1ccc(N/C=C(/C#N)C(=O)N2CCCc3ccccc32)cc1. The Bertz CT molecular complexity index is 860. The number of anilines is 2. The minimum absolute atomic E-state index is 0.106. The molecular weight excluding hydrogens is 322 g/mol. The fourth-order valence-corrected chi connectivity index (χ4v) is 3.15. The molecule has 4 nitrogen and oxygen atoms in total. The average Bonchev–Trinajstić information content (AvgIpc) is 2.68. The summed E-state index contributed by atoms with van der Waals surface area (Å²) in [5.41, 5.74) is 4.28. The summed E-state index contributed by atoms with van der Waals surface area (Å²) in [4.78, 5) is 14.6. The number of nitriles is 1. The lowest BCUT2D eigenvalue weighted by Crippen LogP contribution is -2.36. The molecule has 1 aliphatic rings. The van der Waals surface area contributed by atoms with E-state index < -0.39 is 0 Å². The third kappa shape index (κ3) is 3.78. The number of hydrogen-bond acceptors (Lipinski definition) is 3. The van der Waals surface area contributed by atoms with E-state index in [1.807, 2.05) is 42.5 Å². The first-order valence-electron chi connectivity index (χ1n) is 8.96. The largest absolute Gasteiger partial charge is 0.360 e. The Morgan fingerprint density at radius 3 is 2.62 bits per heavy atom. The van der Waals surface area contributed by atoms with Gasteiger partial charge in [0.05, 0.1) is 0 Å². The molecule has 0 unspecified atom stereocenters. The van der Waals surface area contributed by atoms with Crippen molar-refractivity contribution in [3.8, 4) is 6.07 Å². The number of benzene rings is 2. The van der Waals surface area contributed by atoms with Gasteiger partial charge in [-0.3, -0.25) is 4.79 Å². The number of nitrogens with zero attached hydrogens (tertiary/aromatic N) is 2. The molecule has 0 aromatic heterocycles. The molecule has 2 aromatic rings. The molecule has 4 heteroatoms. The molecule has 132 valence electrons. The molecule has 0 radical (unpaired) electrons. The first-order chi connectivity index (χ1) is 12.6. The summed E-state index contributed by atoms with van der Waals surface area (Å²) in [6, 6.07) is 18.0. The van der Waals surface area contributed by atoms with Crippen molar-refractivity contribution < 1.29 is 4.79 Å². The maximum Gasteiger partial charge on any atom is 0.270 e. The fourth-order valence-electron chi connectivity index (χ4n) is 3.15. The van der Waals surface area contributed by atoms with Gasteiger partial charge in [-0.2, -0.15) is 5.26 Å². The van der Waals surface area contributed by atoms with E-state index in [2.05, 4.69) is 31.3 Å². The maximum atomic E-state index is 12.9. The van der Waals surface area contributed by atoms with Gasteiger partial charge in [-0.25, -0.2) is 0 Å². The highest BCUT2D eigenvalue weighted by Gasteiger charge is 2.24. The quantitative estimate of drug-likeness (QED) is 0.650. The van der Waals surface area contributed by atoms with Gasteiger partial charge in [0.15, 0.2) is 0 Å². The van der Waals surface area contributed by atoms with Crippen molar-refractivity contribution in [3.63, 3.8) is 0 Å². The van der Waals surface area contributed by atoms with Crippen molar-refractivity contribution in [2.45, 2.75) is 32.6 Å². The summed E-state index contributed by atoms with van der Waals surface area (Å²) < 4.78 is 0. The van der Waals surface area contributed by atoms with Crippen LogP contribution >= 0.6 is 0 Å². The minimum Gasteiger partial charge on any atom is -0.360 e. The van der Waals surface area contributed by atoms with Crippen LogP contribution in [-0.2, 0) is 11.2 Å². The van der Waals surface area contributed by atoms with Crippen molar-refractivity contribution in [3.05, 3.63) is 71.4 Å². The molecule has 0 atom stereocenters. The summed E-state index contributed by atoms with van der Waals surface area (Å²) in [6.45, 7) is 4.93. The standard InChI is InChI=1S/C22H23N3O/c1-16(2)17-9-11-20(12-10-17)24-15-19(14-23)22(26)25-13-5-7-18-6-3-4-8-21(18)25/h3-4,6,8-12,15-16,24H,5,7,13H2,1-2H3/b19-15-. The Kier molecular flexibility index (Phi) is 5.38. The number of aryl methyl sites for hydroxylation is 1. The molecule has 0 saturated carbocycles. The van der Waals surface area contributed by atoms with Crippen LogP contribution in [0.15, 0.2) is 60.3 Å². The van der Waals surface area contributed by atoms with Crippen molar-refractivity contribution in [1.29, 1.82) is 5.26 Å². The van der Waals surface area contributed by atoms with E-state index in [-0.39, 0.29) is 11.5 Å². The highest BCUT2D eigenvalue weighted by molar-refractivity contribution is 6.09. The summed E-state index contributed by atoms with van der Waals surface area (Å²) in [5, 5.41) is 12.5. The Morgan fingerprint density at radius 1 is 1.19 bits per heavy atom. The van der Waals surface area contributed by atoms with Crippen LogP contribution in [0.2, 0.25) is 0 Å². The molecule has 26 heavy (non-hydrogen) atoms. The van der Waals surface area contributed by atoms with Crippen LogP contribution in [0, 0.1) is 11.3 Å². The molecule has 1 amide bonds. The molecule has 0 saturated heterocycles. The van der Waals surface area contributed by atoms with Gasteiger partial charge in [-0.05, 0) is 48.1 Å². The van der Waals surface area contributed by atoms with E-state index in [4.69, 9.17) is 0 Å². The summed E-state index contributed by atoms with van der Waals surface area (Å²) in [5.74, 6) is 0.209. The van der Waals surface area contributed by atoms with E-state index >= 15 is 0 Å². The van der Waals surface area contributed by atoms with Crippen LogP contribution in [-0.4, -0.2) is 12.5 Å². The second-order valence-corrected chi connectivity index (χ2v) is 6.78. The van der Waals surface area contributed by atoms with Gasteiger partial charge in [0.25, 0.3) is 5.91 Å². The highest BCUT2D eigenvalue weighted by Crippen LogP contribution is 2.28. The lowest BCUT2D eigenvalue weighted by Gasteiger charge is -2.29. The molecule has 1 aliphatic heterocycles. The van der Waals surface area contributed by atoms with Crippen LogP contribution < -0.4 is 10.2 Å². The Hall–Kier alpha value is -3.06. The van der Waals surface area contributed by atoms with E-state index in [1.165, 1.54) is 11.8 Å². The number of carbonyl (C=O) groups is 1. The maximum absolute atomic E-state index is 12.9. The third-order valence-electron chi connectivity index (χ3n) is 4.67. The van der Waals surface area contributed by atoms with Gasteiger partial charge in [-0.15, -0.1) is 0 Å². The summed E-state index contributed by atoms with van der Waals surface area (Å²) in [7, 11) is 0. The molecule has 1 heterocycles. The van der Waals surface area contributed by atoms with E-state index in [9.17, 15) is 10.1 Å². The second kappa shape index (κ2) is 7.88. The van der Waals surface area contributed by atoms with Crippen LogP contribution in [0.1, 0.15) is 37.3 Å². The normalized spacial score (nSPS) is 13.9.